The van der Waals surface area contributed by atoms with Crippen molar-refractivity contribution < 1.29 is 23.7 Å². The second kappa shape index (κ2) is 10.5. The van der Waals surface area contributed by atoms with Gasteiger partial charge in [-0.1, -0.05) is 0 Å². The fraction of sp³-hybridized carbons (Fsp3) is 0.625. The van der Waals surface area contributed by atoms with Gasteiger partial charge in [-0.15, -0.1) is 0 Å². The monoisotopic (exact) mass is 416 g/mol. The molecule has 0 amide bonds. The average Bonchev–Trinajstić information content (AvgIpc) is 3.00. The van der Waals surface area contributed by atoms with Gasteiger partial charge in [-0.25, -0.2) is 15.1 Å². The van der Waals surface area contributed by atoms with Gasteiger partial charge in [0.2, 0.25) is 0 Å². The lowest BCUT2D eigenvalue weighted by Gasteiger charge is -2.21. The third-order valence-corrected chi connectivity index (χ3v) is 4.82. The number of ether oxygens (including phenoxy) is 2. The number of aliphatic imine (C=N–C) groups is 2. The number of nitrogens with two attached hydrogens (primary N) is 1. The third kappa shape index (κ3) is 7.16. The Labute approximate surface area is 164 Å². The molecular weight excluding hydrogens is 387 g/mol. The summed E-state index contributed by atoms with van der Waals surface area (Å²) in [7, 11) is -2.37. The first-order valence-electron chi connectivity index (χ1n) is 8.66. The Morgan fingerprint density at radius 1 is 1.46 bits per heavy atom. The number of carbonyl (C=O) groups is 1. The summed E-state index contributed by atoms with van der Waals surface area (Å²) in [5, 5.41) is 2.36. The Hall–Kier alpha value is -2.07. The molecule has 0 aliphatic heterocycles. The third-order valence-electron chi connectivity index (χ3n) is 3.53. The summed E-state index contributed by atoms with van der Waals surface area (Å²) in [5.74, 6) is 0.0371. The lowest BCUT2D eigenvalue weighted by Crippen LogP contribution is -2.35. The van der Waals surface area contributed by atoms with Crippen molar-refractivity contribution in [3.8, 4) is 0 Å². The minimum atomic E-state index is -3.91. The first kappa shape index (κ1) is 24.0. The van der Waals surface area contributed by atoms with E-state index in [1.54, 1.807) is 25.3 Å². The number of hydrogen-bond acceptors (Lipinski definition) is 7. The minimum Gasteiger partial charge on any atom is -0.462 e. The molecule has 11 nitrogen and oxygen atoms in total. The van der Waals surface area contributed by atoms with Crippen LogP contribution >= 0.6 is 7.52 Å². The second-order valence-corrected chi connectivity index (χ2v) is 8.40. The fourth-order valence-corrected chi connectivity index (χ4v) is 3.49. The lowest BCUT2D eigenvalue weighted by atomic mass is 10.3. The molecule has 0 radical (unpaired) electrons. The van der Waals surface area contributed by atoms with E-state index in [2.05, 4.69) is 26.8 Å². The normalized spacial score (nSPS) is 16.5. The zero-order chi connectivity index (χ0) is 21.5. The van der Waals surface area contributed by atoms with Crippen LogP contribution in [0.4, 0.5) is 5.82 Å². The van der Waals surface area contributed by atoms with E-state index in [0.29, 0.717) is 18.1 Å². The Balaban J connectivity index is 2.66. The van der Waals surface area contributed by atoms with Gasteiger partial charge in [-0.05, 0) is 34.4 Å². The van der Waals surface area contributed by atoms with Crippen LogP contribution in [0.15, 0.2) is 16.3 Å². The molecule has 0 aromatic carbocycles. The largest absolute Gasteiger partial charge is 0.462 e. The number of imidazole rings is 1. The number of carbonyl (C=O) groups excluding carboxylic acids is 1. The molecule has 1 aromatic heterocycles. The molecule has 0 saturated carbocycles. The first-order valence-corrected chi connectivity index (χ1v) is 10.5. The van der Waals surface area contributed by atoms with Crippen molar-refractivity contribution >= 4 is 31.9 Å². The zero-order valence-electron chi connectivity index (χ0n) is 16.8. The molecule has 0 aliphatic carbocycles. The van der Waals surface area contributed by atoms with Gasteiger partial charge in [0.1, 0.15) is 23.9 Å². The molecule has 0 bridgehead atoms. The molecule has 28 heavy (non-hydrogen) atoms. The summed E-state index contributed by atoms with van der Waals surface area (Å²) < 4.78 is 24.4. The molecule has 3 atom stereocenters. The van der Waals surface area contributed by atoms with E-state index in [1.165, 1.54) is 20.3 Å². The van der Waals surface area contributed by atoms with Gasteiger partial charge in [0.15, 0.2) is 5.82 Å². The van der Waals surface area contributed by atoms with Crippen LogP contribution < -0.4 is 10.8 Å². The number of hydrogen-bond donors (Lipinski definition) is 3. The topological polar surface area (TPSA) is 153 Å². The summed E-state index contributed by atoms with van der Waals surface area (Å²) >= 11 is 0. The SMILES string of the molecule is C=Nc1c(C(N)=NC)ncn1C[C@@H](C)OCP(=O)(O)N[C@@H](C)C(=O)OC(C)C. The number of nitrogens with one attached hydrogen (secondary N) is 1. The molecule has 158 valence electrons. The molecule has 12 heteroatoms. The van der Waals surface area contributed by atoms with Crippen molar-refractivity contribution in [3.63, 3.8) is 0 Å². The van der Waals surface area contributed by atoms with E-state index in [9.17, 15) is 14.3 Å². The smallest absolute Gasteiger partial charge is 0.323 e. The average molecular weight is 416 g/mol. The number of nitrogens with zero attached hydrogens (tertiary/aromatic N) is 4. The van der Waals surface area contributed by atoms with Crippen LogP contribution in [-0.2, 0) is 25.4 Å². The summed E-state index contributed by atoms with van der Waals surface area (Å²) in [6.45, 7) is 10.4. The maximum absolute atomic E-state index is 12.3. The molecule has 0 fully saturated rings. The molecule has 1 rings (SSSR count). The van der Waals surface area contributed by atoms with Crippen molar-refractivity contribution in [2.45, 2.75) is 52.5 Å². The van der Waals surface area contributed by atoms with Gasteiger partial charge in [-0.2, -0.15) is 0 Å². The number of rotatable bonds is 11. The molecule has 1 aromatic rings. The van der Waals surface area contributed by atoms with E-state index in [0.717, 1.165) is 0 Å². The molecule has 1 heterocycles. The molecule has 0 aliphatic rings. The van der Waals surface area contributed by atoms with E-state index in [4.69, 9.17) is 15.2 Å². The van der Waals surface area contributed by atoms with Crippen molar-refractivity contribution in [1.29, 1.82) is 0 Å². The molecule has 4 N–H and O–H groups in total. The van der Waals surface area contributed by atoms with E-state index >= 15 is 0 Å². The van der Waals surface area contributed by atoms with Crippen LogP contribution in [0.5, 0.6) is 0 Å². The van der Waals surface area contributed by atoms with Crippen molar-refractivity contribution in [3.05, 3.63) is 12.0 Å². The van der Waals surface area contributed by atoms with Gasteiger partial charge in [-0.3, -0.25) is 14.4 Å². The second-order valence-electron chi connectivity index (χ2n) is 6.48. The van der Waals surface area contributed by atoms with Crippen LogP contribution in [0.1, 0.15) is 33.4 Å². The van der Waals surface area contributed by atoms with Gasteiger partial charge < -0.3 is 24.7 Å². The van der Waals surface area contributed by atoms with E-state index in [-0.39, 0.29) is 11.9 Å². The highest BCUT2D eigenvalue weighted by molar-refractivity contribution is 7.55. The quantitative estimate of drug-likeness (QED) is 0.209. The Morgan fingerprint density at radius 2 is 2.11 bits per heavy atom. The molecule has 0 spiro atoms. The number of amidine groups is 1. The van der Waals surface area contributed by atoms with Gasteiger partial charge in [0.25, 0.3) is 7.52 Å². The molecule has 1 unspecified atom stereocenters. The van der Waals surface area contributed by atoms with Crippen LogP contribution in [-0.4, -0.2) is 64.6 Å². The summed E-state index contributed by atoms with van der Waals surface area (Å²) in [6, 6.07) is -0.943. The lowest BCUT2D eigenvalue weighted by molar-refractivity contribution is -0.149. The van der Waals surface area contributed by atoms with Crippen LogP contribution in [0.25, 0.3) is 0 Å². The Kier molecular flexibility index (Phi) is 8.96. The molecular formula is C16H29N6O5P. The summed E-state index contributed by atoms with van der Waals surface area (Å²) in [4.78, 5) is 33.7. The van der Waals surface area contributed by atoms with Crippen molar-refractivity contribution in [2.24, 2.45) is 15.7 Å². The Morgan fingerprint density at radius 3 is 2.64 bits per heavy atom. The summed E-state index contributed by atoms with van der Waals surface area (Å²) in [5.41, 5.74) is 6.17. The van der Waals surface area contributed by atoms with E-state index < -0.39 is 32.0 Å². The predicted molar refractivity (Wildman–Crippen MR) is 107 cm³/mol. The molecule has 0 saturated heterocycles. The minimum absolute atomic E-state index is 0.223. The summed E-state index contributed by atoms with van der Waals surface area (Å²) in [6.07, 6.45) is 0.260. The highest BCUT2D eigenvalue weighted by Crippen LogP contribution is 2.36. The van der Waals surface area contributed by atoms with Crippen molar-refractivity contribution in [1.82, 2.24) is 14.6 Å². The van der Waals surface area contributed by atoms with Gasteiger partial charge >= 0.3 is 5.97 Å². The standard InChI is InChI=1S/C16H29N6O5P/c1-10(2)27-16(23)12(4)21-28(24,25)9-26-11(3)7-22-8-20-13(14(17)18-5)15(22)19-6/h8,10-12H,6-7,9H2,1-5H3,(H2,17,18)(H2,21,24,25)/t11-,12+/m1/s1. The highest BCUT2D eigenvalue weighted by atomic mass is 31.2. The highest BCUT2D eigenvalue weighted by Gasteiger charge is 2.27. The zero-order valence-corrected chi connectivity index (χ0v) is 17.7. The maximum Gasteiger partial charge on any atom is 0.323 e. The van der Waals surface area contributed by atoms with Crippen LogP contribution in [0.3, 0.4) is 0 Å². The van der Waals surface area contributed by atoms with Crippen LogP contribution in [0.2, 0.25) is 0 Å². The maximum atomic E-state index is 12.3. The predicted octanol–water partition coefficient (Wildman–Crippen LogP) is 1.03. The fourth-order valence-electron chi connectivity index (χ4n) is 2.25. The van der Waals surface area contributed by atoms with E-state index in [1.807, 2.05) is 0 Å². The number of esters is 1. The first-order chi connectivity index (χ1) is 13.0. The Bertz CT molecular complexity index is 763. The van der Waals surface area contributed by atoms with Crippen molar-refractivity contribution in [2.75, 3.05) is 13.4 Å². The number of aromatic nitrogens is 2. The van der Waals surface area contributed by atoms with Gasteiger partial charge in [0, 0.05) is 7.05 Å². The van der Waals surface area contributed by atoms with Gasteiger partial charge in [0.05, 0.1) is 25.1 Å². The van der Waals surface area contributed by atoms with Crippen LogP contribution in [0, 0.1) is 0 Å².